The zero-order chi connectivity index (χ0) is 15.7. The second-order valence-corrected chi connectivity index (χ2v) is 5.27. The highest BCUT2D eigenvalue weighted by Gasteiger charge is 2.12. The van der Waals surface area contributed by atoms with E-state index in [-0.39, 0.29) is 11.4 Å². The third-order valence-electron chi connectivity index (χ3n) is 3.28. The van der Waals surface area contributed by atoms with E-state index in [0.29, 0.717) is 21.6 Å². The Morgan fingerprint density at radius 1 is 1.14 bits per heavy atom. The van der Waals surface area contributed by atoms with E-state index in [1.165, 1.54) is 0 Å². The number of aromatic nitrogens is 1. The Bertz CT molecular complexity index is 948. The molecule has 0 aliphatic heterocycles. The second kappa shape index (κ2) is 5.61. The number of nitrogens with zero attached hydrogens (tertiary/aromatic N) is 2. The number of para-hydroxylation sites is 1. The van der Waals surface area contributed by atoms with E-state index >= 15 is 0 Å². The van der Waals surface area contributed by atoms with E-state index < -0.39 is 5.56 Å². The molecule has 0 spiro atoms. The summed E-state index contributed by atoms with van der Waals surface area (Å²) in [4.78, 5) is 14.8. The molecule has 110 valence electrons. The molecule has 5 nitrogen and oxygen atoms in total. The number of nitrogens with one attached hydrogen (secondary N) is 1. The predicted octanol–water partition coefficient (Wildman–Crippen LogP) is 4.61. The molecule has 0 saturated heterocycles. The van der Waals surface area contributed by atoms with Gasteiger partial charge in [-0.05, 0) is 36.8 Å². The van der Waals surface area contributed by atoms with E-state index in [2.05, 4.69) is 15.2 Å². The summed E-state index contributed by atoms with van der Waals surface area (Å²) in [6.45, 7) is 1.85. The van der Waals surface area contributed by atoms with Gasteiger partial charge in [0.2, 0.25) is 0 Å². The van der Waals surface area contributed by atoms with Crippen LogP contribution in [0.2, 0.25) is 5.02 Å². The Labute approximate surface area is 130 Å². The van der Waals surface area contributed by atoms with Gasteiger partial charge in [0.15, 0.2) is 11.4 Å². The van der Waals surface area contributed by atoms with Crippen LogP contribution in [0.1, 0.15) is 5.56 Å². The smallest absolute Gasteiger partial charge is 0.280 e. The second-order valence-electron chi connectivity index (χ2n) is 4.83. The SMILES string of the molecule is Cc1cccc2c(O)c(N=Nc3cccc(Cl)c3)c(=O)[nH]c12. The molecule has 0 saturated carbocycles. The fourth-order valence-electron chi connectivity index (χ4n) is 2.18. The van der Waals surface area contributed by atoms with Gasteiger partial charge in [0.05, 0.1) is 11.2 Å². The fraction of sp³-hybridized carbons (Fsp3) is 0.0625. The van der Waals surface area contributed by atoms with Crippen molar-refractivity contribution in [2.45, 2.75) is 6.92 Å². The molecule has 1 heterocycles. The van der Waals surface area contributed by atoms with Crippen molar-refractivity contribution in [3.05, 3.63) is 63.4 Å². The number of benzene rings is 2. The molecule has 0 atom stereocenters. The third-order valence-corrected chi connectivity index (χ3v) is 3.51. The number of azo groups is 1. The lowest BCUT2D eigenvalue weighted by atomic mass is 10.1. The summed E-state index contributed by atoms with van der Waals surface area (Å²) >= 11 is 5.87. The summed E-state index contributed by atoms with van der Waals surface area (Å²) in [5, 5.41) is 19.2. The summed E-state index contributed by atoms with van der Waals surface area (Å²) in [5.41, 5.74) is 1.33. The average Bonchev–Trinajstić information content (AvgIpc) is 2.48. The van der Waals surface area contributed by atoms with Crippen LogP contribution in [0, 0.1) is 6.92 Å². The largest absolute Gasteiger partial charge is 0.505 e. The summed E-state index contributed by atoms with van der Waals surface area (Å²) in [7, 11) is 0. The molecule has 0 aliphatic carbocycles. The Kier molecular flexibility index (Phi) is 3.65. The zero-order valence-electron chi connectivity index (χ0n) is 11.7. The van der Waals surface area contributed by atoms with Crippen molar-refractivity contribution < 1.29 is 5.11 Å². The minimum Gasteiger partial charge on any atom is -0.505 e. The van der Waals surface area contributed by atoms with E-state index in [1.54, 1.807) is 36.4 Å². The van der Waals surface area contributed by atoms with E-state index in [1.807, 2.05) is 13.0 Å². The summed E-state index contributed by atoms with van der Waals surface area (Å²) in [6, 6.07) is 12.1. The molecule has 0 amide bonds. The van der Waals surface area contributed by atoms with Crippen LogP contribution in [-0.2, 0) is 0 Å². The van der Waals surface area contributed by atoms with Crippen molar-refractivity contribution in [3.8, 4) is 5.75 Å². The van der Waals surface area contributed by atoms with Gasteiger partial charge in [-0.3, -0.25) is 4.79 Å². The Morgan fingerprint density at radius 3 is 2.68 bits per heavy atom. The van der Waals surface area contributed by atoms with E-state index in [0.717, 1.165) is 5.56 Å². The number of aryl methyl sites for hydroxylation is 1. The van der Waals surface area contributed by atoms with Gasteiger partial charge in [-0.15, -0.1) is 5.11 Å². The van der Waals surface area contributed by atoms with Crippen LogP contribution in [0.5, 0.6) is 5.75 Å². The zero-order valence-corrected chi connectivity index (χ0v) is 12.4. The lowest BCUT2D eigenvalue weighted by molar-refractivity contribution is 0.481. The molecule has 3 rings (SSSR count). The van der Waals surface area contributed by atoms with Crippen LogP contribution in [0.3, 0.4) is 0 Å². The third kappa shape index (κ3) is 2.58. The molecule has 3 aromatic rings. The molecule has 22 heavy (non-hydrogen) atoms. The monoisotopic (exact) mass is 313 g/mol. The Hall–Kier alpha value is -2.66. The van der Waals surface area contributed by atoms with Crippen molar-refractivity contribution in [1.82, 2.24) is 4.98 Å². The van der Waals surface area contributed by atoms with Crippen molar-refractivity contribution in [3.63, 3.8) is 0 Å². The summed E-state index contributed by atoms with van der Waals surface area (Å²) in [6.07, 6.45) is 0. The first-order valence-electron chi connectivity index (χ1n) is 6.58. The van der Waals surface area contributed by atoms with E-state index in [4.69, 9.17) is 11.6 Å². The van der Waals surface area contributed by atoms with Gasteiger partial charge in [-0.1, -0.05) is 29.8 Å². The highest BCUT2D eigenvalue weighted by atomic mass is 35.5. The normalized spacial score (nSPS) is 11.4. The summed E-state index contributed by atoms with van der Waals surface area (Å²) in [5.74, 6) is -0.187. The van der Waals surface area contributed by atoms with Crippen LogP contribution < -0.4 is 5.56 Å². The molecule has 0 bridgehead atoms. The lowest BCUT2D eigenvalue weighted by Gasteiger charge is -2.05. The molecule has 0 radical (unpaired) electrons. The molecule has 2 aromatic carbocycles. The number of hydrogen-bond donors (Lipinski definition) is 2. The number of pyridine rings is 1. The van der Waals surface area contributed by atoms with Crippen LogP contribution in [-0.4, -0.2) is 10.1 Å². The van der Waals surface area contributed by atoms with Crippen LogP contribution in [0.15, 0.2) is 57.5 Å². The average molecular weight is 314 g/mol. The molecule has 0 unspecified atom stereocenters. The lowest BCUT2D eigenvalue weighted by Crippen LogP contribution is -2.05. The van der Waals surface area contributed by atoms with Gasteiger partial charge in [-0.2, -0.15) is 5.11 Å². The minimum atomic E-state index is -0.495. The van der Waals surface area contributed by atoms with Gasteiger partial charge in [0.1, 0.15) is 0 Å². The molecule has 0 fully saturated rings. The van der Waals surface area contributed by atoms with Crippen LogP contribution in [0.4, 0.5) is 11.4 Å². The number of H-pyrrole nitrogens is 1. The van der Waals surface area contributed by atoms with Crippen molar-refractivity contribution in [2.75, 3.05) is 0 Å². The highest BCUT2D eigenvalue weighted by Crippen LogP contribution is 2.32. The highest BCUT2D eigenvalue weighted by molar-refractivity contribution is 6.30. The summed E-state index contributed by atoms with van der Waals surface area (Å²) < 4.78 is 0. The maximum Gasteiger partial charge on any atom is 0.280 e. The standard InChI is InChI=1S/C16H12ClN3O2/c1-9-4-2-7-12-13(9)18-16(22)14(15(12)21)20-19-11-6-3-5-10(17)8-11/h2-8H,1H3,(H2,18,21,22). The van der Waals surface area contributed by atoms with Crippen molar-refractivity contribution in [2.24, 2.45) is 10.2 Å². The molecule has 1 aromatic heterocycles. The molecular formula is C16H12ClN3O2. The first-order chi connectivity index (χ1) is 10.6. The number of halogens is 1. The molecule has 6 heteroatoms. The van der Waals surface area contributed by atoms with Gasteiger partial charge in [-0.25, -0.2) is 0 Å². The van der Waals surface area contributed by atoms with Gasteiger partial charge in [0, 0.05) is 10.4 Å². The van der Waals surface area contributed by atoms with E-state index in [9.17, 15) is 9.90 Å². The number of aromatic amines is 1. The number of rotatable bonds is 2. The molecule has 0 aliphatic rings. The van der Waals surface area contributed by atoms with Crippen molar-refractivity contribution in [1.29, 1.82) is 0 Å². The number of aromatic hydroxyl groups is 1. The minimum absolute atomic E-state index is 0.127. The molecule has 2 N–H and O–H groups in total. The maximum absolute atomic E-state index is 12.1. The Balaban J connectivity index is 2.14. The van der Waals surface area contributed by atoms with Gasteiger partial charge < -0.3 is 10.1 Å². The van der Waals surface area contributed by atoms with Gasteiger partial charge >= 0.3 is 0 Å². The van der Waals surface area contributed by atoms with Gasteiger partial charge in [0.25, 0.3) is 5.56 Å². The van der Waals surface area contributed by atoms with Crippen LogP contribution >= 0.6 is 11.6 Å². The first kappa shape index (κ1) is 14.3. The topological polar surface area (TPSA) is 77.8 Å². The fourth-order valence-corrected chi connectivity index (χ4v) is 2.36. The quantitative estimate of drug-likeness (QED) is 0.678. The predicted molar refractivity (Wildman–Crippen MR) is 86.6 cm³/mol. The van der Waals surface area contributed by atoms with Crippen LogP contribution in [0.25, 0.3) is 10.9 Å². The number of hydrogen-bond acceptors (Lipinski definition) is 4. The Morgan fingerprint density at radius 2 is 1.91 bits per heavy atom. The maximum atomic E-state index is 12.1. The molecular weight excluding hydrogens is 302 g/mol. The van der Waals surface area contributed by atoms with Crippen molar-refractivity contribution >= 4 is 33.9 Å². The first-order valence-corrected chi connectivity index (χ1v) is 6.96. The number of fused-ring (bicyclic) bond motifs is 1.